The molecule has 3 rings (SSSR count). The molecule has 1 N–H and O–H groups in total. The number of aromatic nitrogens is 1. The minimum Gasteiger partial charge on any atom is -0.495 e. The number of rotatable bonds is 3. The van der Waals surface area contributed by atoms with Crippen LogP contribution in [0.25, 0.3) is 11.3 Å². The van der Waals surface area contributed by atoms with Gasteiger partial charge in [-0.05, 0) is 58.8 Å². The lowest BCUT2D eigenvalue weighted by Gasteiger charge is -2.15. The van der Waals surface area contributed by atoms with Crippen molar-refractivity contribution in [3.8, 4) is 17.1 Å². The van der Waals surface area contributed by atoms with Gasteiger partial charge in [-0.15, -0.1) is 0 Å². The number of carboxylic acids is 1. The molecular formula is C16H16BrNO4. The predicted molar refractivity (Wildman–Crippen MR) is 84.4 cm³/mol. The van der Waals surface area contributed by atoms with Gasteiger partial charge in [0.2, 0.25) is 0 Å². The van der Waals surface area contributed by atoms with Gasteiger partial charge in [-0.3, -0.25) is 0 Å². The van der Waals surface area contributed by atoms with Crippen molar-refractivity contribution in [1.82, 2.24) is 5.16 Å². The smallest absolute Gasteiger partial charge is 0.358 e. The summed E-state index contributed by atoms with van der Waals surface area (Å²) in [5.74, 6) is -0.0430. The Kier molecular flexibility index (Phi) is 4.20. The zero-order valence-electron chi connectivity index (χ0n) is 12.2. The van der Waals surface area contributed by atoms with Crippen molar-refractivity contribution >= 4 is 21.9 Å². The molecule has 22 heavy (non-hydrogen) atoms. The highest BCUT2D eigenvalue weighted by atomic mass is 79.9. The van der Waals surface area contributed by atoms with Crippen LogP contribution in [0.1, 0.15) is 40.9 Å². The van der Waals surface area contributed by atoms with Gasteiger partial charge in [-0.2, -0.15) is 0 Å². The number of fused-ring (bicyclic) bond motifs is 1. The number of methoxy groups -OCH3 is 1. The first kappa shape index (κ1) is 15.1. The van der Waals surface area contributed by atoms with Crippen LogP contribution in [0.5, 0.6) is 5.75 Å². The molecule has 0 amide bonds. The Morgan fingerprint density at radius 1 is 1.32 bits per heavy atom. The number of carboxylic acid groups (broad SMARTS) is 1. The normalized spacial score (nSPS) is 14.3. The molecule has 2 aromatic rings. The third kappa shape index (κ3) is 2.63. The van der Waals surface area contributed by atoms with E-state index in [1.54, 1.807) is 7.11 Å². The van der Waals surface area contributed by atoms with Crippen LogP contribution in [0, 0.1) is 0 Å². The Bertz CT molecular complexity index is 723. The summed E-state index contributed by atoms with van der Waals surface area (Å²) in [6.45, 7) is 0. The van der Waals surface area contributed by atoms with E-state index in [1.165, 1.54) is 30.0 Å². The molecule has 0 aliphatic heterocycles. The SMILES string of the molecule is COc1c(-c2cc(C(=O)O)no2)cc2c(c1Br)CCCCC2. The van der Waals surface area contributed by atoms with Gasteiger partial charge >= 0.3 is 5.97 Å². The number of nitrogens with zero attached hydrogens (tertiary/aromatic N) is 1. The van der Waals surface area contributed by atoms with Gasteiger partial charge in [-0.25, -0.2) is 4.79 Å². The zero-order chi connectivity index (χ0) is 15.7. The molecule has 0 unspecified atom stereocenters. The number of halogens is 1. The second kappa shape index (κ2) is 6.12. The summed E-state index contributed by atoms with van der Waals surface area (Å²) < 4.78 is 11.7. The summed E-state index contributed by atoms with van der Waals surface area (Å²) in [7, 11) is 1.60. The van der Waals surface area contributed by atoms with Crippen molar-refractivity contribution in [2.24, 2.45) is 0 Å². The standard InChI is InChI=1S/C16H16BrNO4/c1-21-15-11(13-8-12(16(19)20)18-22-13)7-9-5-3-2-4-6-10(9)14(15)17/h7-8H,2-6H2,1H3,(H,19,20). The molecular weight excluding hydrogens is 350 g/mol. The lowest BCUT2D eigenvalue weighted by Crippen LogP contribution is -1.98. The van der Waals surface area contributed by atoms with E-state index in [9.17, 15) is 4.79 Å². The summed E-state index contributed by atoms with van der Waals surface area (Å²) in [5.41, 5.74) is 3.16. The summed E-state index contributed by atoms with van der Waals surface area (Å²) in [4.78, 5) is 11.0. The maximum absolute atomic E-state index is 11.0. The average molecular weight is 366 g/mol. The first-order valence-electron chi connectivity index (χ1n) is 7.20. The van der Waals surface area contributed by atoms with Crippen LogP contribution < -0.4 is 4.74 Å². The van der Waals surface area contributed by atoms with Gasteiger partial charge in [0, 0.05) is 6.07 Å². The van der Waals surface area contributed by atoms with Gasteiger partial charge in [0.25, 0.3) is 0 Å². The molecule has 1 aliphatic rings. The van der Waals surface area contributed by atoms with Gasteiger partial charge < -0.3 is 14.4 Å². The Morgan fingerprint density at radius 2 is 2.09 bits per heavy atom. The molecule has 1 aromatic carbocycles. The molecule has 1 aromatic heterocycles. The number of aryl methyl sites for hydroxylation is 1. The van der Waals surface area contributed by atoms with Gasteiger partial charge in [0.15, 0.2) is 11.5 Å². The fraction of sp³-hybridized carbons (Fsp3) is 0.375. The molecule has 5 nitrogen and oxygen atoms in total. The molecule has 1 heterocycles. The molecule has 0 saturated carbocycles. The third-order valence-electron chi connectivity index (χ3n) is 3.99. The molecule has 0 bridgehead atoms. The summed E-state index contributed by atoms with van der Waals surface area (Å²) in [5, 5.41) is 12.6. The predicted octanol–water partition coefficient (Wildman–Crippen LogP) is 4.08. The minimum absolute atomic E-state index is 0.108. The van der Waals surface area contributed by atoms with Crippen molar-refractivity contribution in [2.75, 3.05) is 7.11 Å². The number of aromatic carboxylic acids is 1. The van der Waals surface area contributed by atoms with Crippen LogP contribution in [-0.4, -0.2) is 23.3 Å². The Morgan fingerprint density at radius 3 is 2.77 bits per heavy atom. The highest BCUT2D eigenvalue weighted by Gasteiger charge is 2.22. The third-order valence-corrected chi connectivity index (χ3v) is 4.83. The van der Waals surface area contributed by atoms with Crippen molar-refractivity contribution in [3.63, 3.8) is 0 Å². The van der Waals surface area contributed by atoms with Crippen molar-refractivity contribution in [2.45, 2.75) is 32.1 Å². The summed E-state index contributed by atoms with van der Waals surface area (Å²) in [6.07, 6.45) is 5.56. The quantitative estimate of drug-likeness (QED) is 0.829. The number of ether oxygens (including phenoxy) is 1. The Labute approximate surface area is 136 Å². The monoisotopic (exact) mass is 365 g/mol. The van der Waals surface area contributed by atoms with E-state index in [-0.39, 0.29) is 5.69 Å². The molecule has 0 fully saturated rings. The maximum Gasteiger partial charge on any atom is 0.358 e. The number of hydrogen-bond donors (Lipinski definition) is 1. The van der Waals surface area contributed by atoms with Crippen LogP contribution >= 0.6 is 15.9 Å². The van der Waals surface area contributed by atoms with Crippen LogP contribution in [0.2, 0.25) is 0 Å². The minimum atomic E-state index is -1.11. The van der Waals surface area contributed by atoms with E-state index < -0.39 is 5.97 Å². The lowest BCUT2D eigenvalue weighted by molar-refractivity contribution is 0.0686. The van der Waals surface area contributed by atoms with Crippen LogP contribution in [0.3, 0.4) is 0 Å². The van der Waals surface area contributed by atoms with Crippen molar-refractivity contribution < 1.29 is 19.2 Å². The zero-order valence-corrected chi connectivity index (χ0v) is 13.8. The number of benzene rings is 1. The topological polar surface area (TPSA) is 72.6 Å². The van der Waals surface area contributed by atoms with Crippen molar-refractivity contribution in [3.05, 3.63) is 33.4 Å². The van der Waals surface area contributed by atoms with E-state index in [0.29, 0.717) is 11.5 Å². The maximum atomic E-state index is 11.0. The first-order chi connectivity index (χ1) is 10.6. The van der Waals surface area contributed by atoms with Crippen molar-refractivity contribution in [1.29, 1.82) is 0 Å². The highest BCUT2D eigenvalue weighted by Crippen LogP contribution is 2.42. The molecule has 6 heteroatoms. The molecule has 1 aliphatic carbocycles. The Balaban J connectivity index is 2.15. The largest absolute Gasteiger partial charge is 0.495 e. The molecule has 0 radical (unpaired) electrons. The van der Waals surface area contributed by atoms with E-state index in [1.807, 2.05) is 6.07 Å². The second-order valence-electron chi connectivity index (χ2n) is 5.35. The molecule has 0 spiro atoms. The van der Waals surface area contributed by atoms with Crippen LogP contribution in [0.15, 0.2) is 21.1 Å². The van der Waals surface area contributed by atoms with E-state index >= 15 is 0 Å². The fourth-order valence-electron chi connectivity index (χ4n) is 2.90. The first-order valence-corrected chi connectivity index (χ1v) is 7.99. The number of carbonyl (C=O) groups is 1. The highest BCUT2D eigenvalue weighted by molar-refractivity contribution is 9.10. The number of hydrogen-bond acceptors (Lipinski definition) is 4. The van der Waals surface area contributed by atoms with Gasteiger partial charge in [-0.1, -0.05) is 11.6 Å². The average Bonchev–Trinajstić information content (AvgIpc) is 2.87. The lowest BCUT2D eigenvalue weighted by atomic mass is 9.98. The molecule has 0 atom stereocenters. The fourth-order valence-corrected chi connectivity index (χ4v) is 3.72. The molecule has 116 valence electrons. The van der Waals surface area contributed by atoms with Gasteiger partial charge in [0.1, 0.15) is 5.75 Å². The second-order valence-corrected chi connectivity index (χ2v) is 6.14. The summed E-state index contributed by atoms with van der Waals surface area (Å²) >= 11 is 3.64. The van der Waals surface area contributed by atoms with Crippen LogP contribution in [0.4, 0.5) is 0 Å². The Hall–Kier alpha value is -1.82. The summed E-state index contributed by atoms with van der Waals surface area (Å²) in [6, 6.07) is 3.46. The van der Waals surface area contributed by atoms with Crippen LogP contribution in [-0.2, 0) is 12.8 Å². The van der Waals surface area contributed by atoms with E-state index in [4.69, 9.17) is 14.4 Å². The molecule has 0 saturated heterocycles. The van der Waals surface area contributed by atoms with Gasteiger partial charge in [0.05, 0.1) is 17.1 Å². The van der Waals surface area contributed by atoms with E-state index in [2.05, 4.69) is 21.1 Å². The van der Waals surface area contributed by atoms with E-state index in [0.717, 1.165) is 29.3 Å².